The molecular formula is C10H16N4S. The minimum Gasteiger partial charge on any atom is -0.383 e. The van der Waals surface area contributed by atoms with Gasteiger partial charge in [0.15, 0.2) is 0 Å². The van der Waals surface area contributed by atoms with Crippen molar-refractivity contribution in [3.05, 3.63) is 16.1 Å². The van der Waals surface area contributed by atoms with Gasteiger partial charge in [0.05, 0.1) is 9.88 Å². The molecule has 0 amide bonds. The molecule has 15 heavy (non-hydrogen) atoms. The van der Waals surface area contributed by atoms with E-state index in [1.165, 1.54) is 37.3 Å². The van der Waals surface area contributed by atoms with Crippen molar-refractivity contribution in [1.82, 2.24) is 9.88 Å². The van der Waals surface area contributed by atoms with Crippen LogP contribution in [-0.2, 0) is 6.42 Å². The van der Waals surface area contributed by atoms with E-state index in [1.807, 2.05) is 0 Å². The van der Waals surface area contributed by atoms with Crippen molar-refractivity contribution in [3.63, 3.8) is 0 Å². The first-order chi connectivity index (χ1) is 7.25. The second kappa shape index (κ2) is 4.72. The maximum atomic E-state index is 7.29. The predicted octanol–water partition coefficient (Wildman–Crippen LogP) is 1.07. The second-order valence-corrected chi connectivity index (χ2v) is 4.95. The molecule has 3 N–H and O–H groups in total. The lowest BCUT2D eigenvalue weighted by molar-refractivity contribution is 0.343. The number of likely N-dealkylation sites (tertiary alicyclic amines) is 1. The van der Waals surface area contributed by atoms with Crippen molar-refractivity contribution < 1.29 is 0 Å². The number of nitrogens with one attached hydrogen (secondary N) is 1. The molecular weight excluding hydrogens is 208 g/mol. The molecule has 2 rings (SSSR count). The summed E-state index contributed by atoms with van der Waals surface area (Å²) in [7, 11) is 0. The molecule has 1 aliphatic heterocycles. The van der Waals surface area contributed by atoms with Crippen LogP contribution >= 0.6 is 11.3 Å². The van der Waals surface area contributed by atoms with Gasteiger partial charge in [-0.05, 0) is 25.9 Å². The minimum atomic E-state index is 0.125. The standard InChI is InChI=1S/C10H16N4S/c11-10(12)8-7-13-9(15-8)3-6-14-4-1-2-5-14/h7H,1-6H2,(H3,11,12). The third-order valence-corrected chi connectivity index (χ3v) is 3.75. The summed E-state index contributed by atoms with van der Waals surface area (Å²) in [6.45, 7) is 3.54. The van der Waals surface area contributed by atoms with E-state index in [0.717, 1.165) is 22.9 Å². The number of nitrogens with two attached hydrogens (primary N) is 1. The van der Waals surface area contributed by atoms with Crippen molar-refractivity contribution >= 4 is 17.2 Å². The van der Waals surface area contributed by atoms with Gasteiger partial charge in [0.25, 0.3) is 0 Å². The van der Waals surface area contributed by atoms with E-state index in [-0.39, 0.29) is 5.84 Å². The second-order valence-electron chi connectivity index (χ2n) is 3.83. The molecule has 0 radical (unpaired) electrons. The van der Waals surface area contributed by atoms with Crippen molar-refractivity contribution in [2.24, 2.45) is 5.73 Å². The highest BCUT2D eigenvalue weighted by Crippen LogP contribution is 2.14. The van der Waals surface area contributed by atoms with Crippen LogP contribution in [0.4, 0.5) is 0 Å². The molecule has 0 atom stereocenters. The number of thiazole rings is 1. The molecule has 1 aliphatic rings. The van der Waals surface area contributed by atoms with Gasteiger partial charge >= 0.3 is 0 Å². The fourth-order valence-corrected chi connectivity index (χ4v) is 2.58. The van der Waals surface area contributed by atoms with Gasteiger partial charge in [0.2, 0.25) is 0 Å². The molecule has 82 valence electrons. The first kappa shape index (κ1) is 10.6. The molecule has 1 aromatic heterocycles. The predicted molar refractivity (Wildman–Crippen MR) is 62.5 cm³/mol. The largest absolute Gasteiger partial charge is 0.383 e. The van der Waals surface area contributed by atoms with Gasteiger partial charge in [-0.1, -0.05) is 0 Å². The summed E-state index contributed by atoms with van der Waals surface area (Å²) < 4.78 is 0. The molecule has 4 nitrogen and oxygen atoms in total. The van der Waals surface area contributed by atoms with Crippen LogP contribution in [0.25, 0.3) is 0 Å². The van der Waals surface area contributed by atoms with Gasteiger partial charge in [-0.15, -0.1) is 11.3 Å². The van der Waals surface area contributed by atoms with E-state index in [1.54, 1.807) is 6.20 Å². The maximum Gasteiger partial charge on any atom is 0.134 e. The van der Waals surface area contributed by atoms with Gasteiger partial charge in [-0.25, -0.2) is 4.98 Å². The Balaban J connectivity index is 1.84. The van der Waals surface area contributed by atoms with Crippen molar-refractivity contribution in [2.45, 2.75) is 19.3 Å². The Morgan fingerprint density at radius 3 is 2.87 bits per heavy atom. The van der Waals surface area contributed by atoms with Crippen LogP contribution in [0.2, 0.25) is 0 Å². The van der Waals surface area contributed by atoms with Crippen molar-refractivity contribution in [1.29, 1.82) is 5.41 Å². The van der Waals surface area contributed by atoms with E-state index in [2.05, 4.69) is 9.88 Å². The molecule has 2 heterocycles. The van der Waals surface area contributed by atoms with Crippen LogP contribution in [-0.4, -0.2) is 35.4 Å². The van der Waals surface area contributed by atoms with Crippen LogP contribution in [0.15, 0.2) is 6.20 Å². The molecule has 0 aromatic carbocycles. The van der Waals surface area contributed by atoms with E-state index in [0.29, 0.717) is 0 Å². The number of nitrogen functional groups attached to an aromatic ring is 1. The zero-order valence-electron chi connectivity index (χ0n) is 8.70. The highest BCUT2D eigenvalue weighted by atomic mass is 32.1. The monoisotopic (exact) mass is 224 g/mol. The average molecular weight is 224 g/mol. The Labute approximate surface area is 93.6 Å². The number of amidine groups is 1. The lowest BCUT2D eigenvalue weighted by atomic mass is 10.4. The summed E-state index contributed by atoms with van der Waals surface area (Å²) in [5.41, 5.74) is 5.39. The van der Waals surface area contributed by atoms with Crippen LogP contribution < -0.4 is 5.73 Å². The zero-order valence-corrected chi connectivity index (χ0v) is 9.52. The molecule has 1 fully saturated rings. The fraction of sp³-hybridized carbons (Fsp3) is 0.600. The highest BCUT2D eigenvalue weighted by Gasteiger charge is 2.12. The molecule has 0 bridgehead atoms. The number of aromatic nitrogens is 1. The molecule has 0 aliphatic carbocycles. The molecule has 1 saturated heterocycles. The highest BCUT2D eigenvalue weighted by molar-refractivity contribution is 7.13. The maximum absolute atomic E-state index is 7.29. The topological polar surface area (TPSA) is 66.0 Å². The van der Waals surface area contributed by atoms with E-state index >= 15 is 0 Å². The average Bonchev–Trinajstić information content (AvgIpc) is 2.86. The van der Waals surface area contributed by atoms with Crippen LogP contribution in [0.1, 0.15) is 22.7 Å². The van der Waals surface area contributed by atoms with Crippen LogP contribution in [0.5, 0.6) is 0 Å². The van der Waals surface area contributed by atoms with E-state index in [4.69, 9.17) is 11.1 Å². The molecule has 5 heteroatoms. The Bertz CT molecular complexity index is 341. The van der Waals surface area contributed by atoms with Gasteiger partial charge in [-0.3, -0.25) is 5.41 Å². The Morgan fingerprint density at radius 2 is 2.27 bits per heavy atom. The Morgan fingerprint density at radius 1 is 1.53 bits per heavy atom. The fourth-order valence-electron chi connectivity index (χ4n) is 1.81. The van der Waals surface area contributed by atoms with Crippen LogP contribution in [0, 0.1) is 5.41 Å². The summed E-state index contributed by atoms with van der Waals surface area (Å²) in [5, 5.41) is 8.38. The minimum absolute atomic E-state index is 0.125. The number of hydrogen-bond acceptors (Lipinski definition) is 4. The van der Waals surface area contributed by atoms with Gasteiger partial charge in [0.1, 0.15) is 5.84 Å². The lowest BCUT2D eigenvalue weighted by Crippen LogP contribution is -2.21. The summed E-state index contributed by atoms with van der Waals surface area (Å²) >= 11 is 1.54. The van der Waals surface area contributed by atoms with Gasteiger partial charge < -0.3 is 10.6 Å². The third kappa shape index (κ3) is 2.76. The lowest BCUT2D eigenvalue weighted by Gasteiger charge is -2.12. The Hall–Kier alpha value is -0.940. The first-order valence-corrected chi connectivity index (χ1v) is 6.09. The number of nitrogens with zero attached hydrogens (tertiary/aromatic N) is 2. The normalized spacial score (nSPS) is 17.1. The molecule has 0 unspecified atom stereocenters. The summed E-state index contributed by atoms with van der Waals surface area (Å²) in [6, 6.07) is 0. The molecule has 1 aromatic rings. The van der Waals surface area contributed by atoms with Crippen molar-refractivity contribution in [2.75, 3.05) is 19.6 Å². The number of rotatable bonds is 4. The van der Waals surface area contributed by atoms with E-state index in [9.17, 15) is 0 Å². The zero-order chi connectivity index (χ0) is 10.7. The molecule has 0 saturated carbocycles. The SMILES string of the molecule is N=C(N)c1cnc(CCN2CCCC2)s1. The van der Waals surface area contributed by atoms with Gasteiger partial charge in [0, 0.05) is 19.2 Å². The number of hydrogen-bond donors (Lipinski definition) is 2. The smallest absolute Gasteiger partial charge is 0.134 e. The summed E-state index contributed by atoms with van der Waals surface area (Å²) in [4.78, 5) is 7.52. The van der Waals surface area contributed by atoms with Crippen molar-refractivity contribution in [3.8, 4) is 0 Å². The summed E-state index contributed by atoms with van der Waals surface area (Å²) in [5.74, 6) is 0.125. The van der Waals surface area contributed by atoms with Gasteiger partial charge in [-0.2, -0.15) is 0 Å². The summed E-state index contributed by atoms with van der Waals surface area (Å²) in [6.07, 6.45) is 5.34. The van der Waals surface area contributed by atoms with Crippen LogP contribution in [0.3, 0.4) is 0 Å². The first-order valence-electron chi connectivity index (χ1n) is 5.27. The molecule has 0 spiro atoms. The quantitative estimate of drug-likeness (QED) is 0.594. The Kier molecular flexibility index (Phi) is 3.33. The van der Waals surface area contributed by atoms with E-state index < -0.39 is 0 Å². The third-order valence-electron chi connectivity index (χ3n) is 2.66.